The van der Waals surface area contributed by atoms with Crippen LogP contribution in [0.5, 0.6) is 5.75 Å². The summed E-state index contributed by atoms with van der Waals surface area (Å²) in [5.74, 6) is -0.116. The van der Waals surface area contributed by atoms with E-state index in [9.17, 15) is 8.42 Å². The predicted molar refractivity (Wildman–Crippen MR) is 90.2 cm³/mol. The van der Waals surface area contributed by atoms with E-state index in [0.29, 0.717) is 18.8 Å². The minimum atomic E-state index is -3.63. The fourth-order valence-electron chi connectivity index (χ4n) is 1.91. The molecule has 1 rings (SSSR count). The number of benzene rings is 1. The molecule has 1 aromatic rings. The van der Waals surface area contributed by atoms with Gasteiger partial charge in [0.1, 0.15) is 11.4 Å². The van der Waals surface area contributed by atoms with Crippen LogP contribution >= 0.6 is 0 Å². The summed E-state index contributed by atoms with van der Waals surface area (Å²) in [5, 5.41) is 0. The van der Waals surface area contributed by atoms with Crippen molar-refractivity contribution in [2.45, 2.75) is 18.7 Å². The van der Waals surface area contributed by atoms with E-state index in [1.165, 1.54) is 29.6 Å². The van der Waals surface area contributed by atoms with Gasteiger partial charge in [0.2, 0.25) is 16.0 Å². The van der Waals surface area contributed by atoms with E-state index in [4.69, 9.17) is 21.9 Å². The third kappa shape index (κ3) is 4.57. The lowest BCUT2D eigenvalue weighted by molar-refractivity contribution is 0.415. The zero-order valence-corrected chi connectivity index (χ0v) is 14.2. The highest BCUT2D eigenvalue weighted by Gasteiger charge is 2.22. The van der Waals surface area contributed by atoms with Crippen molar-refractivity contribution in [3.63, 3.8) is 0 Å². The molecule has 0 bridgehead atoms. The summed E-state index contributed by atoms with van der Waals surface area (Å²) in [6.45, 7) is 4.25. The number of guanidine groups is 2. The Morgan fingerprint density at radius 1 is 1.22 bits per heavy atom. The summed E-state index contributed by atoms with van der Waals surface area (Å²) in [4.78, 5) is 7.67. The molecule has 0 radical (unpaired) electrons. The van der Waals surface area contributed by atoms with Crippen molar-refractivity contribution in [3.05, 3.63) is 18.2 Å². The number of rotatable bonds is 6. The van der Waals surface area contributed by atoms with Gasteiger partial charge < -0.3 is 21.9 Å². The summed E-state index contributed by atoms with van der Waals surface area (Å²) >= 11 is 0. The fraction of sp³-hybridized carbons (Fsp3) is 0.385. The SMILES string of the molecule is CCN(CC)S(=O)(=O)c1ccc(OC)c(N=C(N)N=C(N)N)c1. The maximum Gasteiger partial charge on any atom is 0.243 e. The van der Waals surface area contributed by atoms with Gasteiger partial charge in [-0.05, 0) is 18.2 Å². The Balaban J connectivity index is 3.41. The summed E-state index contributed by atoms with van der Waals surface area (Å²) < 4.78 is 31.6. The smallest absolute Gasteiger partial charge is 0.243 e. The summed E-state index contributed by atoms with van der Waals surface area (Å²) in [6, 6.07) is 4.31. The van der Waals surface area contributed by atoms with Gasteiger partial charge in [0.05, 0.1) is 12.0 Å². The maximum absolute atomic E-state index is 12.5. The number of ether oxygens (including phenoxy) is 1. The van der Waals surface area contributed by atoms with Crippen LogP contribution in [0.15, 0.2) is 33.1 Å². The zero-order chi connectivity index (χ0) is 17.6. The first-order valence-electron chi connectivity index (χ1n) is 6.88. The van der Waals surface area contributed by atoms with Gasteiger partial charge in [0, 0.05) is 13.1 Å². The quantitative estimate of drug-likeness (QED) is 0.487. The van der Waals surface area contributed by atoms with Crippen molar-refractivity contribution in [2.24, 2.45) is 27.2 Å². The van der Waals surface area contributed by atoms with Crippen molar-refractivity contribution in [2.75, 3.05) is 20.2 Å². The van der Waals surface area contributed by atoms with E-state index in [2.05, 4.69) is 9.98 Å². The average molecular weight is 342 g/mol. The number of aliphatic imine (C=N–C) groups is 2. The molecular formula is C13H22N6O3S. The van der Waals surface area contributed by atoms with Crippen molar-refractivity contribution in [1.29, 1.82) is 0 Å². The molecule has 9 nitrogen and oxygen atoms in total. The van der Waals surface area contributed by atoms with E-state index in [1.54, 1.807) is 13.8 Å². The van der Waals surface area contributed by atoms with Crippen LogP contribution in [0, 0.1) is 0 Å². The van der Waals surface area contributed by atoms with Crippen molar-refractivity contribution >= 4 is 27.6 Å². The van der Waals surface area contributed by atoms with Gasteiger partial charge in [-0.15, -0.1) is 0 Å². The van der Waals surface area contributed by atoms with Gasteiger partial charge in [-0.25, -0.2) is 13.4 Å². The number of hydrogen-bond donors (Lipinski definition) is 3. The number of hydrogen-bond acceptors (Lipinski definition) is 4. The first kappa shape index (κ1) is 18.7. The van der Waals surface area contributed by atoms with E-state index in [-0.39, 0.29) is 22.5 Å². The Kier molecular flexibility index (Phi) is 6.34. The highest BCUT2D eigenvalue weighted by Crippen LogP contribution is 2.31. The third-order valence-electron chi connectivity index (χ3n) is 2.97. The molecule has 128 valence electrons. The Morgan fingerprint density at radius 2 is 1.83 bits per heavy atom. The lowest BCUT2D eigenvalue weighted by Crippen LogP contribution is -2.30. The molecule has 1 aromatic carbocycles. The van der Waals surface area contributed by atoms with Crippen LogP contribution in [-0.2, 0) is 10.0 Å². The van der Waals surface area contributed by atoms with Gasteiger partial charge in [-0.3, -0.25) is 0 Å². The Morgan fingerprint density at radius 3 is 2.30 bits per heavy atom. The minimum Gasteiger partial charge on any atom is -0.494 e. The maximum atomic E-state index is 12.5. The van der Waals surface area contributed by atoms with E-state index < -0.39 is 10.0 Å². The van der Waals surface area contributed by atoms with Gasteiger partial charge >= 0.3 is 0 Å². The second kappa shape index (κ2) is 7.79. The summed E-state index contributed by atoms with van der Waals surface area (Å²) in [5.41, 5.74) is 16.3. The molecule has 0 saturated carbocycles. The fourth-order valence-corrected chi connectivity index (χ4v) is 3.39. The number of sulfonamides is 1. The second-order valence-corrected chi connectivity index (χ2v) is 6.37. The molecule has 10 heteroatoms. The van der Waals surface area contributed by atoms with Crippen LogP contribution < -0.4 is 21.9 Å². The van der Waals surface area contributed by atoms with Crippen molar-refractivity contribution < 1.29 is 13.2 Å². The highest BCUT2D eigenvalue weighted by molar-refractivity contribution is 7.89. The monoisotopic (exact) mass is 342 g/mol. The van der Waals surface area contributed by atoms with Crippen LogP contribution in [0.4, 0.5) is 5.69 Å². The predicted octanol–water partition coefficient (Wildman–Crippen LogP) is -0.0547. The molecule has 0 atom stereocenters. The molecule has 6 N–H and O–H groups in total. The van der Waals surface area contributed by atoms with Crippen LogP contribution in [0.1, 0.15) is 13.8 Å². The molecule has 0 amide bonds. The molecule has 0 unspecified atom stereocenters. The van der Waals surface area contributed by atoms with Gasteiger partial charge in [-0.1, -0.05) is 13.8 Å². The first-order chi connectivity index (χ1) is 10.8. The third-order valence-corrected chi connectivity index (χ3v) is 5.02. The second-order valence-electron chi connectivity index (χ2n) is 4.43. The molecule has 0 heterocycles. The average Bonchev–Trinajstić information content (AvgIpc) is 2.47. The first-order valence-corrected chi connectivity index (χ1v) is 8.32. The van der Waals surface area contributed by atoms with Crippen LogP contribution in [0.25, 0.3) is 0 Å². The zero-order valence-electron chi connectivity index (χ0n) is 13.4. The van der Waals surface area contributed by atoms with E-state index >= 15 is 0 Å². The number of nitrogens with zero attached hydrogens (tertiary/aromatic N) is 3. The van der Waals surface area contributed by atoms with Crippen LogP contribution in [0.3, 0.4) is 0 Å². The van der Waals surface area contributed by atoms with Gasteiger partial charge in [-0.2, -0.15) is 9.30 Å². The van der Waals surface area contributed by atoms with Crippen LogP contribution in [-0.4, -0.2) is 44.8 Å². The van der Waals surface area contributed by atoms with Crippen LogP contribution in [0.2, 0.25) is 0 Å². The molecule has 0 aliphatic rings. The van der Waals surface area contributed by atoms with Gasteiger partial charge in [0.15, 0.2) is 5.96 Å². The van der Waals surface area contributed by atoms with Crippen molar-refractivity contribution in [3.8, 4) is 5.75 Å². The topological polar surface area (TPSA) is 149 Å². The largest absolute Gasteiger partial charge is 0.494 e. The molecule has 0 fully saturated rings. The summed E-state index contributed by atoms with van der Waals surface area (Å²) in [7, 11) is -2.19. The Hall–Kier alpha value is -2.33. The normalized spacial score (nSPS) is 12.3. The van der Waals surface area contributed by atoms with E-state index in [0.717, 1.165) is 0 Å². The molecular weight excluding hydrogens is 320 g/mol. The standard InChI is InChI=1S/C13H22N6O3S/c1-4-19(5-2)23(20,21)9-6-7-11(22-3)10(8-9)17-13(16)18-12(14)15/h6-8H,4-5H2,1-3H3,(H6,14,15,16,17,18). The lowest BCUT2D eigenvalue weighted by Gasteiger charge is -2.19. The number of methoxy groups -OCH3 is 1. The molecule has 0 aliphatic carbocycles. The molecule has 0 aliphatic heterocycles. The van der Waals surface area contributed by atoms with Gasteiger partial charge in [0.25, 0.3) is 0 Å². The lowest BCUT2D eigenvalue weighted by atomic mass is 10.3. The minimum absolute atomic E-state index is 0.0817. The highest BCUT2D eigenvalue weighted by atomic mass is 32.2. The summed E-state index contributed by atoms with van der Waals surface area (Å²) in [6.07, 6.45) is 0. The van der Waals surface area contributed by atoms with Crippen molar-refractivity contribution in [1.82, 2.24) is 4.31 Å². The number of nitrogens with two attached hydrogens (primary N) is 3. The molecule has 23 heavy (non-hydrogen) atoms. The molecule has 0 saturated heterocycles. The molecule has 0 spiro atoms. The molecule has 0 aromatic heterocycles. The Labute approximate surface area is 135 Å². The van der Waals surface area contributed by atoms with E-state index in [1.807, 2.05) is 0 Å². The Bertz CT molecular complexity index is 706.